The average Bonchev–Trinajstić information content (AvgIpc) is 1.14. The predicted octanol–water partition coefficient (Wildman–Crippen LogP) is 2.19. The molecule has 0 aromatic rings. The molecule has 1 N–H and O–H groups in total. The highest BCUT2D eigenvalue weighted by Gasteiger charge is 2.21. The smallest absolute Gasteiger partial charge is 0.0596 e. The molecule has 0 spiro atoms. The van der Waals surface area contributed by atoms with E-state index in [1.54, 1.807) is 0 Å². The van der Waals surface area contributed by atoms with Crippen molar-refractivity contribution in [3.05, 3.63) is 0 Å². The summed E-state index contributed by atoms with van der Waals surface area (Å²) in [6, 6.07) is 0. The minimum absolute atomic E-state index is 0.234. The molecule has 0 fully saturated rings. The second-order valence-electron chi connectivity index (χ2n) is 4.55. The topological polar surface area (TPSA) is 20.2 Å². The van der Waals surface area contributed by atoms with Gasteiger partial charge in [-0.15, -0.1) is 0 Å². The highest BCUT2D eigenvalue weighted by atomic mass is 16.3. The molecule has 0 atom stereocenters. The predicted molar refractivity (Wildman–Crippen MR) is 40.4 cm³/mol. The van der Waals surface area contributed by atoms with Crippen molar-refractivity contribution >= 4 is 0 Å². The molecule has 56 valence electrons. The summed E-state index contributed by atoms with van der Waals surface area (Å²) in [6.07, 6.45) is 0.847. The highest BCUT2D eigenvalue weighted by molar-refractivity contribution is 4.74. The van der Waals surface area contributed by atoms with Gasteiger partial charge < -0.3 is 5.11 Å². The first kappa shape index (κ1) is 8.96. The molecular formula is C8H18O. The van der Waals surface area contributed by atoms with Gasteiger partial charge in [-0.25, -0.2) is 0 Å². The van der Waals surface area contributed by atoms with Gasteiger partial charge in [0.15, 0.2) is 0 Å². The quantitative estimate of drug-likeness (QED) is 0.577. The monoisotopic (exact) mass is 130 g/mol. The summed E-state index contributed by atoms with van der Waals surface area (Å²) >= 11 is 0. The van der Waals surface area contributed by atoms with Crippen molar-refractivity contribution in [3.63, 3.8) is 0 Å². The first-order chi connectivity index (χ1) is 3.71. The van der Waals surface area contributed by atoms with Crippen molar-refractivity contribution in [1.29, 1.82) is 0 Å². The van der Waals surface area contributed by atoms with E-state index >= 15 is 0 Å². The zero-order chi connectivity index (χ0) is 7.71. The van der Waals surface area contributed by atoms with E-state index in [2.05, 4.69) is 20.8 Å². The molecule has 0 saturated carbocycles. The fourth-order valence-electron chi connectivity index (χ4n) is 1.30. The third kappa shape index (κ3) is 7.96. The molecule has 0 aliphatic heterocycles. The number of aliphatic hydroxyl groups is 1. The van der Waals surface area contributed by atoms with E-state index in [9.17, 15) is 5.11 Å². The lowest BCUT2D eigenvalue weighted by Crippen LogP contribution is -2.25. The number of hydrogen-bond donors (Lipinski definition) is 1. The number of hydrogen-bond acceptors (Lipinski definition) is 1. The SMILES string of the molecule is CC(C)(C)CC(C)(C)O. The van der Waals surface area contributed by atoms with Gasteiger partial charge in [0.1, 0.15) is 0 Å². The molecule has 0 aromatic carbocycles. The van der Waals surface area contributed by atoms with Crippen LogP contribution in [0.2, 0.25) is 0 Å². The summed E-state index contributed by atoms with van der Waals surface area (Å²) in [4.78, 5) is 0. The van der Waals surface area contributed by atoms with Gasteiger partial charge in [0.05, 0.1) is 5.60 Å². The van der Waals surface area contributed by atoms with Gasteiger partial charge in [-0.1, -0.05) is 20.8 Å². The highest BCUT2D eigenvalue weighted by Crippen LogP contribution is 2.26. The Morgan fingerprint density at radius 1 is 1.00 bits per heavy atom. The largest absolute Gasteiger partial charge is 0.390 e. The van der Waals surface area contributed by atoms with E-state index in [1.165, 1.54) is 0 Å². The normalized spacial score (nSPS) is 14.0. The minimum Gasteiger partial charge on any atom is -0.390 e. The molecule has 0 bridgehead atoms. The zero-order valence-corrected chi connectivity index (χ0v) is 7.15. The van der Waals surface area contributed by atoms with Crippen LogP contribution in [0.15, 0.2) is 0 Å². The molecule has 0 saturated heterocycles. The Kier molecular flexibility index (Phi) is 2.29. The minimum atomic E-state index is -0.516. The van der Waals surface area contributed by atoms with Crippen LogP contribution in [0.5, 0.6) is 0 Å². The maximum atomic E-state index is 9.35. The van der Waals surface area contributed by atoms with Crippen LogP contribution < -0.4 is 0 Å². The first-order valence-electron chi connectivity index (χ1n) is 3.43. The summed E-state index contributed by atoms with van der Waals surface area (Å²) in [5, 5.41) is 9.35. The van der Waals surface area contributed by atoms with Crippen LogP contribution in [0.1, 0.15) is 41.0 Å². The lowest BCUT2D eigenvalue weighted by molar-refractivity contribution is 0.0371. The van der Waals surface area contributed by atoms with Crippen LogP contribution in [0, 0.1) is 5.41 Å². The summed E-state index contributed by atoms with van der Waals surface area (Å²) in [5.41, 5.74) is -0.281. The third-order valence-electron chi connectivity index (χ3n) is 0.963. The molecule has 0 rings (SSSR count). The standard InChI is InChI=1S/C8H18O/c1-7(2,3)6-8(4,5)9/h9H,6H2,1-5H3. The van der Waals surface area contributed by atoms with Gasteiger partial charge in [-0.3, -0.25) is 0 Å². The Labute approximate surface area is 58.1 Å². The van der Waals surface area contributed by atoms with Crippen molar-refractivity contribution in [3.8, 4) is 0 Å². The van der Waals surface area contributed by atoms with Gasteiger partial charge in [-0.05, 0) is 25.7 Å². The molecule has 0 heterocycles. The van der Waals surface area contributed by atoms with Crippen molar-refractivity contribution in [2.45, 2.75) is 46.6 Å². The fraction of sp³-hybridized carbons (Fsp3) is 1.00. The lowest BCUT2D eigenvalue weighted by Gasteiger charge is -2.27. The summed E-state index contributed by atoms with van der Waals surface area (Å²) in [6.45, 7) is 10.1. The third-order valence-corrected chi connectivity index (χ3v) is 0.963. The van der Waals surface area contributed by atoms with E-state index in [0.717, 1.165) is 6.42 Å². The Balaban J connectivity index is 3.75. The van der Waals surface area contributed by atoms with E-state index in [-0.39, 0.29) is 5.41 Å². The second-order valence-corrected chi connectivity index (χ2v) is 4.55. The molecular weight excluding hydrogens is 112 g/mol. The van der Waals surface area contributed by atoms with Crippen molar-refractivity contribution < 1.29 is 5.11 Å². The van der Waals surface area contributed by atoms with Crippen LogP contribution >= 0.6 is 0 Å². The Morgan fingerprint density at radius 3 is 1.33 bits per heavy atom. The molecule has 9 heavy (non-hydrogen) atoms. The van der Waals surface area contributed by atoms with Crippen LogP contribution in [-0.4, -0.2) is 10.7 Å². The van der Waals surface area contributed by atoms with Crippen molar-refractivity contribution in [2.75, 3.05) is 0 Å². The molecule has 0 unspecified atom stereocenters. The van der Waals surface area contributed by atoms with E-state index < -0.39 is 5.60 Å². The van der Waals surface area contributed by atoms with E-state index in [4.69, 9.17) is 0 Å². The van der Waals surface area contributed by atoms with Crippen molar-refractivity contribution in [2.24, 2.45) is 5.41 Å². The molecule has 0 aliphatic rings. The molecule has 0 radical (unpaired) electrons. The first-order valence-corrected chi connectivity index (χ1v) is 3.43. The van der Waals surface area contributed by atoms with Gasteiger partial charge in [-0.2, -0.15) is 0 Å². The van der Waals surface area contributed by atoms with Crippen molar-refractivity contribution in [1.82, 2.24) is 0 Å². The maximum absolute atomic E-state index is 9.35. The van der Waals surface area contributed by atoms with Crippen LogP contribution in [0.3, 0.4) is 0 Å². The van der Waals surface area contributed by atoms with E-state index in [1.807, 2.05) is 13.8 Å². The van der Waals surface area contributed by atoms with Gasteiger partial charge in [0, 0.05) is 0 Å². The molecule has 1 heteroatoms. The fourth-order valence-corrected chi connectivity index (χ4v) is 1.30. The molecule has 1 nitrogen and oxygen atoms in total. The van der Waals surface area contributed by atoms with Crippen LogP contribution in [0.4, 0.5) is 0 Å². The lowest BCUT2D eigenvalue weighted by atomic mass is 9.84. The summed E-state index contributed by atoms with van der Waals surface area (Å²) in [7, 11) is 0. The summed E-state index contributed by atoms with van der Waals surface area (Å²) < 4.78 is 0. The van der Waals surface area contributed by atoms with Crippen LogP contribution in [0.25, 0.3) is 0 Å². The van der Waals surface area contributed by atoms with Gasteiger partial charge in [0.2, 0.25) is 0 Å². The van der Waals surface area contributed by atoms with Gasteiger partial charge >= 0.3 is 0 Å². The number of rotatable bonds is 1. The Hall–Kier alpha value is -0.0400. The average molecular weight is 130 g/mol. The molecule has 0 aliphatic carbocycles. The Bertz CT molecular complexity index is 69.7. The zero-order valence-electron chi connectivity index (χ0n) is 7.15. The Morgan fingerprint density at radius 2 is 1.33 bits per heavy atom. The van der Waals surface area contributed by atoms with Crippen LogP contribution in [-0.2, 0) is 0 Å². The maximum Gasteiger partial charge on any atom is 0.0596 e. The molecule has 0 amide bonds. The van der Waals surface area contributed by atoms with Gasteiger partial charge in [0.25, 0.3) is 0 Å². The molecule has 0 aromatic heterocycles. The van der Waals surface area contributed by atoms with E-state index in [0.29, 0.717) is 0 Å². The second kappa shape index (κ2) is 2.30. The summed E-state index contributed by atoms with van der Waals surface area (Å²) in [5.74, 6) is 0.